The van der Waals surface area contributed by atoms with Crippen molar-refractivity contribution in [2.24, 2.45) is 11.5 Å². The zero-order chi connectivity index (χ0) is 17.3. The van der Waals surface area contributed by atoms with Gasteiger partial charge in [0.2, 0.25) is 0 Å². The summed E-state index contributed by atoms with van der Waals surface area (Å²) in [5.41, 5.74) is 10.9. The van der Waals surface area contributed by atoms with Gasteiger partial charge in [-0.3, -0.25) is 0 Å². The second kappa shape index (κ2) is 7.63. The van der Waals surface area contributed by atoms with Gasteiger partial charge in [0.1, 0.15) is 48.8 Å². The smallest absolute Gasteiger partial charge is 0.187 e. The SMILES string of the molecule is NC[C@H]1O[C@@H](O[C@H]2[C@H](O)[C@@H](O)C(O)O[C@@H]2CN)[C@H](O)[C@@H](O)[C@H]1O. The summed E-state index contributed by atoms with van der Waals surface area (Å²) in [6.45, 7) is -0.296. The van der Waals surface area contributed by atoms with E-state index in [0.29, 0.717) is 0 Å². The first-order valence-electron chi connectivity index (χ1n) is 7.26. The van der Waals surface area contributed by atoms with Gasteiger partial charge in [0.15, 0.2) is 12.6 Å². The van der Waals surface area contributed by atoms with Crippen molar-refractivity contribution in [2.75, 3.05) is 13.1 Å². The van der Waals surface area contributed by atoms with Crippen LogP contribution in [0, 0.1) is 0 Å². The van der Waals surface area contributed by atoms with Gasteiger partial charge in [-0.05, 0) is 0 Å². The predicted molar refractivity (Wildman–Crippen MR) is 72.6 cm³/mol. The van der Waals surface area contributed by atoms with E-state index in [2.05, 4.69) is 0 Å². The average Bonchev–Trinajstić information content (AvgIpc) is 2.55. The molecule has 0 saturated carbocycles. The monoisotopic (exact) mass is 340 g/mol. The molecule has 1 unspecified atom stereocenters. The number of rotatable bonds is 4. The Labute approximate surface area is 132 Å². The van der Waals surface area contributed by atoms with E-state index < -0.39 is 61.4 Å². The van der Waals surface area contributed by atoms with Crippen molar-refractivity contribution in [3.8, 4) is 0 Å². The van der Waals surface area contributed by atoms with E-state index in [0.717, 1.165) is 0 Å². The molecular formula is C12H24N2O9. The Morgan fingerprint density at radius 2 is 1.30 bits per heavy atom. The van der Waals surface area contributed by atoms with Gasteiger partial charge in [0.25, 0.3) is 0 Å². The molecule has 0 aliphatic carbocycles. The Kier molecular flexibility index (Phi) is 6.27. The highest BCUT2D eigenvalue weighted by atomic mass is 16.7. The van der Waals surface area contributed by atoms with E-state index in [1.54, 1.807) is 0 Å². The van der Waals surface area contributed by atoms with Crippen LogP contribution >= 0.6 is 0 Å². The predicted octanol–water partition coefficient (Wildman–Crippen LogP) is -5.46. The molecule has 2 heterocycles. The lowest BCUT2D eigenvalue weighted by molar-refractivity contribution is -0.349. The van der Waals surface area contributed by atoms with Crippen LogP contribution in [0.5, 0.6) is 0 Å². The van der Waals surface area contributed by atoms with Gasteiger partial charge in [-0.25, -0.2) is 0 Å². The summed E-state index contributed by atoms with van der Waals surface area (Å²) in [4.78, 5) is 0. The van der Waals surface area contributed by atoms with Crippen molar-refractivity contribution in [3.05, 3.63) is 0 Å². The molecule has 11 heteroatoms. The molecule has 2 fully saturated rings. The highest BCUT2D eigenvalue weighted by Crippen LogP contribution is 2.28. The molecule has 0 aromatic carbocycles. The first-order chi connectivity index (χ1) is 10.8. The van der Waals surface area contributed by atoms with Crippen LogP contribution in [0.1, 0.15) is 0 Å². The van der Waals surface area contributed by atoms with Gasteiger partial charge in [0, 0.05) is 13.1 Å². The fourth-order valence-corrected chi connectivity index (χ4v) is 2.66. The van der Waals surface area contributed by atoms with Crippen LogP contribution in [0.3, 0.4) is 0 Å². The lowest BCUT2D eigenvalue weighted by Gasteiger charge is -2.45. The molecule has 2 rings (SSSR count). The van der Waals surface area contributed by atoms with E-state index in [-0.39, 0.29) is 13.1 Å². The quantitative estimate of drug-likeness (QED) is 0.242. The average molecular weight is 340 g/mol. The van der Waals surface area contributed by atoms with Crippen molar-refractivity contribution >= 4 is 0 Å². The minimum absolute atomic E-state index is 0.143. The summed E-state index contributed by atoms with van der Waals surface area (Å²) >= 11 is 0. The summed E-state index contributed by atoms with van der Waals surface area (Å²) in [5, 5.41) is 58.6. The zero-order valence-corrected chi connectivity index (χ0v) is 12.3. The number of aliphatic hydroxyl groups excluding tert-OH is 6. The van der Waals surface area contributed by atoms with Gasteiger partial charge in [0.05, 0.1) is 0 Å². The number of hydrogen-bond donors (Lipinski definition) is 8. The molecule has 2 saturated heterocycles. The number of aliphatic hydroxyl groups is 6. The third-order valence-electron chi connectivity index (χ3n) is 4.08. The zero-order valence-electron chi connectivity index (χ0n) is 12.3. The number of hydrogen-bond acceptors (Lipinski definition) is 11. The topological polar surface area (TPSA) is 201 Å². The first-order valence-corrected chi connectivity index (χ1v) is 7.26. The van der Waals surface area contributed by atoms with Crippen molar-refractivity contribution in [1.82, 2.24) is 0 Å². The molecule has 0 spiro atoms. The Bertz CT molecular complexity index is 386. The summed E-state index contributed by atoms with van der Waals surface area (Å²) in [6, 6.07) is 0. The van der Waals surface area contributed by atoms with E-state index >= 15 is 0 Å². The third kappa shape index (κ3) is 3.65. The van der Waals surface area contributed by atoms with Gasteiger partial charge in [-0.2, -0.15) is 0 Å². The van der Waals surface area contributed by atoms with Gasteiger partial charge in [-0.15, -0.1) is 0 Å². The van der Waals surface area contributed by atoms with Crippen LogP contribution < -0.4 is 11.5 Å². The Hall–Kier alpha value is -0.440. The second-order valence-electron chi connectivity index (χ2n) is 5.63. The van der Waals surface area contributed by atoms with Crippen LogP contribution in [-0.4, -0.2) is 105 Å². The molecule has 10 N–H and O–H groups in total. The minimum atomic E-state index is -1.65. The molecule has 0 aromatic heterocycles. The fourth-order valence-electron chi connectivity index (χ4n) is 2.66. The third-order valence-corrected chi connectivity index (χ3v) is 4.08. The molecule has 0 amide bonds. The number of nitrogens with two attached hydrogens (primary N) is 2. The highest BCUT2D eigenvalue weighted by molar-refractivity contribution is 4.94. The molecule has 0 radical (unpaired) electrons. The molecule has 2 aliphatic rings. The van der Waals surface area contributed by atoms with Crippen LogP contribution in [0.4, 0.5) is 0 Å². The molecular weight excluding hydrogens is 316 g/mol. The number of ether oxygens (including phenoxy) is 3. The van der Waals surface area contributed by atoms with Crippen molar-refractivity contribution in [2.45, 2.75) is 61.4 Å². The molecule has 0 aromatic rings. The largest absolute Gasteiger partial charge is 0.388 e. The maximum absolute atomic E-state index is 10.0. The van der Waals surface area contributed by atoms with E-state index in [1.807, 2.05) is 0 Å². The highest BCUT2D eigenvalue weighted by Gasteiger charge is 2.49. The Morgan fingerprint density at radius 1 is 0.696 bits per heavy atom. The van der Waals surface area contributed by atoms with E-state index in [1.165, 1.54) is 0 Å². The summed E-state index contributed by atoms with van der Waals surface area (Å²) in [6.07, 6.45) is -14.1. The molecule has 2 aliphatic heterocycles. The maximum Gasteiger partial charge on any atom is 0.187 e. The standard InChI is InChI=1S/C12H24N2O9/c13-1-3-5(15)6(16)9(19)12(22-3)23-10-4(2-14)21-11(20)8(18)7(10)17/h3-12,15-20H,1-2,13-14H2/t3-,4-,5+,6+,7-,8-,9-,10-,11?,12+/m1/s1. The molecule has 10 atom stereocenters. The van der Waals surface area contributed by atoms with Crippen LogP contribution in [-0.2, 0) is 14.2 Å². The molecule has 23 heavy (non-hydrogen) atoms. The lowest BCUT2D eigenvalue weighted by atomic mass is 9.96. The summed E-state index contributed by atoms with van der Waals surface area (Å²) in [7, 11) is 0. The summed E-state index contributed by atoms with van der Waals surface area (Å²) < 4.78 is 15.7. The van der Waals surface area contributed by atoms with Gasteiger partial charge < -0.3 is 56.3 Å². The maximum atomic E-state index is 10.0. The van der Waals surface area contributed by atoms with Crippen molar-refractivity contribution in [3.63, 3.8) is 0 Å². The van der Waals surface area contributed by atoms with Crippen molar-refractivity contribution < 1.29 is 44.8 Å². The normalized spacial score (nSPS) is 51.7. The Balaban J connectivity index is 2.11. The Morgan fingerprint density at radius 3 is 1.87 bits per heavy atom. The van der Waals surface area contributed by atoms with Crippen LogP contribution in [0.25, 0.3) is 0 Å². The fraction of sp³-hybridized carbons (Fsp3) is 1.00. The van der Waals surface area contributed by atoms with E-state index in [4.69, 9.17) is 25.7 Å². The molecule has 136 valence electrons. The first kappa shape index (κ1) is 18.9. The summed E-state index contributed by atoms with van der Waals surface area (Å²) in [5.74, 6) is 0. The van der Waals surface area contributed by atoms with Crippen molar-refractivity contribution in [1.29, 1.82) is 0 Å². The van der Waals surface area contributed by atoms with Crippen LogP contribution in [0.2, 0.25) is 0 Å². The lowest BCUT2D eigenvalue weighted by Crippen LogP contribution is -2.65. The van der Waals surface area contributed by atoms with Gasteiger partial charge >= 0.3 is 0 Å². The van der Waals surface area contributed by atoms with Crippen LogP contribution in [0.15, 0.2) is 0 Å². The molecule has 0 bridgehead atoms. The minimum Gasteiger partial charge on any atom is -0.388 e. The van der Waals surface area contributed by atoms with E-state index in [9.17, 15) is 30.6 Å². The molecule has 11 nitrogen and oxygen atoms in total. The van der Waals surface area contributed by atoms with Gasteiger partial charge in [-0.1, -0.05) is 0 Å². The second-order valence-corrected chi connectivity index (χ2v) is 5.63.